The Bertz CT molecular complexity index is 677. The molecule has 0 aromatic carbocycles. The Morgan fingerprint density at radius 1 is 1.44 bits per heavy atom. The summed E-state index contributed by atoms with van der Waals surface area (Å²) in [6.45, 7) is 10.8. The Kier molecular flexibility index (Phi) is 8.60. The van der Waals surface area contributed by atoms with E-state index in [-0.39, 0.29) is 6.42 Å². The topological polar surface area (TPSA) is 50.4 Å². The van der Waals surface area contributed by atoms with Crippen molar-refractivity contribution in [2.75, 3.05) is 0 Å². The van der Waals surface area contributed by atoms with Crippen molar-refractivity contribution < 1.29 is 13.2 Å². The Labute approximate surface area is 160 Å². The van der Waals surface area contributed by atoms with Gasteiger partial charge in [-0.25, -0.2) is 13.2 Å². The van der Waals surface area contributed by atoms with Crippen LogP contribution in [0.4, 0.5) is 13.2 Å². The highest BCUT2D eigenvalue weighted by Gasteiger charge is 2.35. The number of halogens is 3. The summed E-state index contributed by atoms with van der Waals surface area (Å²) >= 11 is 0. The van der Waals surface area contributed by atoms with Crippen LogP contribution in [0.2, 0.25) is 0 Å². The van der Waals surface area contributed by atoms with E-state index in [0.717, 1.165) is 11.6 Å². The molecule has 0 saturated carbocycles. The Balaban J connectivity index is 2.58. The number of alkyl halides is 3. The molecular formula is C21H30F3N3. The second-order valence-corrected chi connectivity index (χ2v) is 6.98. The van der Waals surface area contributed by atoms with E-state index < -0.39 is 17.7 Å². The van der Waals surface area contributed by atoms with Crippen molar-refractivity contribution in [3.8, 4) is 0 Å². The van der Waals surface area contributed by atoms with E-state index in [9.17, 15) is 13.2 Å². The molecule has 3 nitrogen and oxygen atoms in total. The summed E-state index contributed by atoms with van der Waals surface area (Å²) in [5.41, 5.74) is 8.20. The maximum absolute atomic E-state index is 13.6. The number of rotatable bonds is 9. The largest absolute Gasteiger partial charge is 0.401 e. The van der Waals surface area contributed by atoms with Crippen LogP contribution in [0.1, 0.15) is 47.0 Å². The third kappa shape index (κ3) is 7.89. The van der Waals surface area contributed by atoms with Gasteiger partial charge in [0.15, 0.2) is 0 Å². The quantitative estimate of drug-likeness (QED) is 0.515. The monoisotopic (exact) mass is 381 g/mol. The fourth-order valence-electron chi connectivity index (χ4n) is 2.50. The fourth-order valence-corrected chi connectivity index (χ4v) is 2.50. The molecule has 6 heteroatoms. The van der Waals surface area contributed by atoms with E-state index in [4.69, 9.17) is 5.73 Å². The lowest BCUT2D eigenvalue weighted by atomic mass is 9.96. The molecule has 0 fully saturated rings. The maximum atomic E-state index is 13.6. The van der Waals surface area contributed by atoms with Crippen LogP contribution in [0, 0.1) is 5.92 Å². The van der Waals surface area contributed by atoms with Crippen LogP contribution in [0.25, 0.3) is 0 Å². The van der Waals surface area contributed by atoms with Gasteiger partial charge in [-0.15, -0.1) is 0 Å². The molecule has 1 aliphatic carbocycles. The number of allylic oxidation sites excluding steroid dienone is 7. The lowest BCUT2D eigenvalue weighted by Crippen LogP contribution is -2.26. The average molecular weight is 381 g/mol. The Morgan fingerprint density at radius 2 is 2.11 bits per heavy atom. The highest BCUT2D eigenvalue weighted by molar-refractivity contribution is 5.79. The number of hydrogen-bond donors (Lipinski definition) is 2. The molecule has 0 aromatic heterocycles. The summed E-state index contributed by atoms with van der Waals surface area (Å²) in [5.74, 6) is -2.80. The molecule has 0 saturated heterocycles. The second-order valence-electron chi connectivity index (χ2n) is 6.98. The van der Waals surface area contributed by atoms with Crippen molar-refractivity contribution in [3.63, 3.8) is 0 Å². The predicted molar refractivity (Wildman–Crippen MR) is 107 cm³/mol. The zero-order chi connectivity index (χ0) is 20.6. The summed E-state index contributed by atoms with van der Waals surface area (Å²) in [5, 5.41) is 2.86. The molecule has 0 aliphatic heterocycles. The van der Waals surface area contributed by atoms with Gasteiger partial charge in [-0.1, -0.05) is 32.6 Å². The molecule has 1 unspecified atom stereocenters. The van der Waals surface area contributed by atoms with Gasteiger partial charge in [0.2, 0.25) is 0 Å². The molecule has 1 rings (SSSR count). The van der Waals surface area contributed by atoms with E-state index in [0.29, 0.717) is 42.8 Å². The number of aliphatic imine (C=N–C) groups is 1. The van der Waals surface area contributed by atoms with E-state index in [1.54, 1.807) is 0 Å². The molecule has 0 radical (unpaired) electrons. The zero-order valence-electron chi connectivity index (χ0n) is 16.5. The standard InChI is InChI=1S/C21H30F3N3/c1-6-16(14(2)3)12-26-15(4)7-8-17(25)13-27-18-9-10-20(22)19(11-18)21(5,23)24/h6,9,11-14,20,27H,4,7-8,10,25H2,1-3,5H3/b16-6+,17-13-,26-12-. The summed E-state index contributed by atoms with van der Waals surface area (Å²) in [7, 11) is 0. The summed E-state index contributed by atoms with van der Waals surface area (Å²) < 4.78 is 40.5. The second kappa shape index (κ2) is 10.2. The van der Waals surface area contributed by atoms with Crippen LogP contribution < -0.4 is 11.1 Å². The van der Waals surface area contributed by atoms with Gasteiger partial charge in [-0.2, -0.15) is 0 Å². The van der Waals surface area contributed by atoms with E-state index >= 15 is 0 Å². The molecule has 0 heterocycles. The molecule has 1 aliphatic rings. The van der Waals surface area contributed by atoms with Gasteiger partial charge >= 0.3 is 0 Å². The lowest BCUT2D eigenvalue weighted by Gasteiger charge is -2.22. The van der Waals surface area contributed by atoms with Crippen LogP contribution >= 0.6 is 0 Å². The average Bonchev–Trinajstić information content (AvgIpc) is 2.58. The van der Waals surface area contributed by atoms with Crippen LogP contribution in [0.3, 0.4) is 0 Å². The highest BCUT2D eigenvalue weighted by Crippen LogP contribution is 2.32. The maximum Gasteiger partial charge on any atom is 0.269 e. The van der Waals surface area contributed by atoms with Crippen molar-refractivity contribution in [1.29, 1.82) is 0 Å². The van der Waals surface area contributed by atoms with E-state index in [2.05, 4.69) is 30.7 Å². The molecule has 0 spiro atoms. The predicted octanol–water partition coefficient (Wildman–Crippen LogP) is 5.55. The van der Waals surface area contributed by atoms with Gasteiger partial charge < -0.3 is 11.1 Å². The van der Waals surface area contributed by atoms with Crippen LogP contribution in [0.5, 0.6) is 0 Å². The summed E-state index contributed by atoms with van der Waals surface area (Å²) in [6, 6.07) is 0. The first-order valence-electron chi connectivity index (χ1n) is 9.07. The molecule has 0 bridgehead atoms. The molecule has 150 valence electrons. The minimum absolute atomic E-state index is 0.0833. The van der Waals surface area contributed by atoms with Gasteiger partial charge in [0.1, 0.15) is 6.17 Å². The van der Waals surface area contributed by atoms with Gasteiger partial charge in [0, 0.05) is 48.4 Å². The first kappa shape index (κ1) is 22.8. The van der Waals surface area contributed by atoms with Crippen molar-refractivity contribution in [2.24, 2.45) is 16.6 Å². The van der Waals surface area contributed by atoms with Crippen molar-refractivity contribution in [2.45, 2.75) is 59.1 Å². The van der Waals surface area contributed by atoms with Crippen LogP contribution in [-0.4, -0.2) is 18.3 Å². The minimum Gasteiger partial charge on any atom is -0.401 e. The smallest absolute Gasteiger partial charge is 0.269 e. The zero-order valence-corrected chi connectivity index (χ0v) is 16.5. The van der Waals surface area contributed by atoms with Crippen molar-refractivity contribution >= 4 is 6.21 Å². The van der Waals surface area contributed by atoms with Crippen molar-refractivity contribution in [3.05, 3.63) is 59.2 Å². The van der Waals surface area contributed by atoms with E-state index in [1.807, 2.05) is 19.2 Å². The summed E-state index contributed by atoms with van der Waals surface area (Å²) in [4.78, 5) is 4.35. The lowest BCUT2D eigenvalue weighted by molar-refractivity contribution is 0.0467. The molecule has 0 aromatic rings. The SMILES string of the molecule is C=C(CC/C(N)=C/NC1=CCC(F)C(C(C)(F)F)=C1)/N=C\C(=C/C)C(C)C. The molecule has 0 amide bonds. The van der Waals surface area contributed by atoms with E-state index in [1.165, 1.54) is 12.3 Å². The first-order chi connectivity index (χ1) is 12.5. The third-order valence-corrected chi connectivity index (χ3v) is 4.22. The highest BCUT2D eigenvalue weighted by atomic mass is 19.3. The number of hydrogen-bond acceptors (Lipinski definition) is 3. The van der Waals surface area contributed by atoms with Crippen LogP contribution in [0.15, 0.2) is 64.2 Å². The molecule has 27 heavy (non-hydrogen) atoms. The number of nitrogens with zero attached hydrogens (tertiary/aromatic N) is 1. The number of nitrogens with one attached hydrogen (secondary N) is 1. The molecular weight excluding hydrogens is 351 g/mol. The van der Waals surface area contributed by atoms with Crippen LogP contribution in [-0.2, 0) is 0 Å². The van der Waals surface area contributed by atoms with Gasteiger partial charge in [-0.3, -0.25) is 4.99 Å². The summed E-state index contributed by atoms with van der Waals surface area (Å²) in [6.07, 6.45) is 7.40. The van der Waals surface area contributed by atoms with Gasteiger partial charge in [0.25, 0.3) is 5.92 Å². The minimum atomic E-state index is -3.19. The molecule has 3 N–H and O–H groups in total. The fraction of sp³-hybridized carbons (Fsp3) is 0.476. The van der Waals surface area contributed by atoms with Gasteiger partial charge in [-0.05, 0) is 37.3 Å². The Morgan fingerprint density at radius 3 is 2.67 bits per heavy atom. The van der Waals surface area contributed by atoms with Crippen molar-refractivity contribution in [1.82, 2.24) is 5.32 Å². The third-order valence-electron chi connectivity index (χ3n) is 4.22. The Hall–Kier alpha value is -2.24. The van der Waals surface area contributed by atoms with Gasteiger partial charge in [0.05, 0.1) is 0 Å². The first-order valence-corrected chi connectivity index (χ1v) is 9.07. The normalized spacial score (nSPS) is 19.3. The number of nitrogens with two attached hydrogens (primary N) is 1. The molecule has 1 atom stereocenters.